The molecule has 5 heteroatoms. The van der Waals surface area contributed by atoms with Gasteiger partial charge in [0.25, 0.3) is 0 Å². The molecule has 0 amide bonds. The van der Waals surface area contributed by atoms with Crippen LogP contribution in [0.3, 0.4) is 0 Å². The third-order valence-electron chi connectivity index (χ3n) is 1.26. The average Bonchev–Trinajstić information content (AvgIpc) is 2.04. The van der Waals surface area contributed by atoms with Gasteiger partial charge in [-0.15, -0.1) is 12.3 Å². The van der Waals surface area contributed by atoms with E-state index in [0.29, 0.717) is 12.8 Å². The van der Waals surface area contributed by atoms with E-state index in [-0.39, 0.29) is 13.2 Å². The third kappa shape index (κ3) is 8.01. The van der Waals surface area contributed by atoms with Gasteiger partial charge in [-0.25, -0.2) is 4.57 Å². The highest BCUT2D eigenvalue weighted by molar-refractivity contribution is 7.47. The molecule has 0 rings (SSSR count). The van der Waals surface area contributed by atoms with Crippen molar-refractivity contribution in [2.45, 2.75) is 26.2 Å². The Balaban J connectivity index is 3.42. The lowest BCUT2D eigenvalue weighted by Gasteiger charge is -2.09. The Morgan fingerprint density at radius 1 is 1.46 bits per heavy atom. The summed E-state index contributed by atoms with van der Waals surface area (Å²) in [6.45, 7) is 2.00. The minimum Gasteiger partial charge on any atom is -0.302 e. The summed E-state index contributed by atoms with van der Waals surface area (Å²) < 4.78 is 20.0. The van der Waals surface area contributed by atoms with Crippen molar-refractivity contribution >= 4 is 7.82 Å². The summed E-state index contributed by atoms with van der Waals surface area (Å²) in [6.07, 6.45) is 7.15. The first kappa shape index (κ1) is 12.7. The molecule has 4 nitrogen and oxygen atoms in total. The van der Waals surface area contributed by atoms with Crippen molar-refractivity contribution in [3.8, 4) is 12.3 Å². The van der Waals surface area contributed by atoms with Crippen molar-refractivity contribution in [3.63, 3.8) is 0 Å². The molecule has 1 unspecified atom stereocenters. The van der Waals surface area contributed by atoms with E-state index in [1.165, 1.54) is 0 Å². The monoisotopic (exact) mass is 206 g/mol. The Labute approximate surface area is 78.9 Å². The summed E-state index contributed by atoms with van der Waals surface area (Å²) >= 11 is 0. The summed E-state index contributed by atoms with van der Waals surface area (Å²) in [6, 6.07) is 0. The second-order valence-electron chi connectivity index (χ2n) is 2.38. The maximum atomic E-state index is 10.9. The van der Waals surface area contributed by atoms with Gasteiger partial charge in [-0.05, 0) is 19.8 Å². The Morgan fingerprint density at radius 3 is 2.69 bits per heavy atom. The molecule has 0 bridgehead atoms. The van der Waals surface area contributed by atoms with Gasteiger partial charge >= 0.3 is 7.82 Å². The lowest BCUT2D eigenvalue weighted by molar-refractivity contribution is 0.153. The summed E-state index contributed by atoms with van der Waals surface area (Å²) in [4.78, 5) is 8.94. The number of terminal acetylenes is 1. The van der Waals surface area contributed by atoms with Crippen molar-refractivity contribution in [2.75, 3.05) is 13.2 Å². The fraction of sp³-hybridized carbons (Fsp3) is 0.750. The average molecular weight is 206 g/mol. The molecule has 0 fully saturated rings. The van der Waals surface area contributed by atoms with E-state index in [2.05, 4.69) is 15.0 Å². The van der Waals surface area contributed by atoms with Gasteiger partial charge in [-0.1, -0.05) is 0 Å². The lowest BCUT2D eigenvalue weighted by atomic mass is 10.2. The molecular weight excluding hydrogens is 191 g/mol. The molecule has 0 aromatic heterocycles. The molecule has 0 radical (unpaired) electrons. The van der Waals surface area contributed by atoms with Crippen molar-refractivity contribution in [2.24, 2.45) is 0 Å². The zero-order valence-corrected chi connectivity index (χ0v) is 8.63. The maximum absolute atomic E-state index is 10.9. The van der Waals surface area contributed by atoms with Crippen LogP contribution in [-0.4, -0.2) is 18.1 Å². The molecule has 0 aliphatic carbocycles. The van der Waals surface area contributed by atoms with Crippen LogP contribution < -0.4 is 0 Å². The van der Waals surface area contributed by atoms with Crippen LogP contribution >= 0.6 is 7.82 Å². The topological polar surface area (TPSA) is 55.8 Å². The number of phosphoric acid groups is 1. The number of hydrogen-bond acceptors (Lipinski definition) is 3. The molecule has 0 spiro atoms. The van der Waals surface area contributed by atoms with E-state index in [1.807, 2.05) is 0 Å². The Kier molecular flexibility index (Phi) is 6.93. The van der Waals surface area contributed by atoms with Gasteiger partial charge in [-0.2, -0.15) is 0 Å². The SMILES string of the molecule is C#CCCCCOP(=O)(O)OCC. The van der Waals surface area contributed by atoms with E-state index in [1.54, 1.807) is 6.92 Å². The van der Waals surface area contributed by atoms with Gasteiger partial charge in [0.05, 0.1) is 13.2 Å². The Bertz CT molecular complexity index is 209. The van der Waals surface area contributed by atoms with Crippen molar-refractivity contribution in [1.82, 2.24) is 0 Å². The number of phosphoric ester groups is 1. The molecule has 13 heavy (non-hydrogen) atoms. The minimum absolute atomic E-state index is 0.165. The first-order valence-corrected chi connectivity index (χ1v) is 5.67. The van der Waals surface area contributed by atoms with Gasteiger partial charge < -0.3 is 4.89 Å². The van der Waals surface area contributed by atoms with E-state index >= 15 is 0 Å². The molecule has 0 aromatic rings. The van der Waals surface area contributed by atoms with Gasteiger partial charge in [0, 0.05) is 6.42 Å². The second kappa shape index (κ2) is 7.11. The van der Waals surface area contributed by atoms with Gasteiger partial charge in [-0.3, -0.25) is 9.05 Å². The van der Waals surface area contributed by atoms with E-state index < -0.39 is 7.82 Å². The molecular formula is C8H15O4P. The standard InChI is InChI=1S/C8H15O4P/c1-3-5-6-7-8-12-13(9,10)11-4-2/h1H,4-8H2,2H3,(H,9,10). The molecule has 0 saturated carbocycles. The van der Waals surface area contributed by atoms with Crippen LogP contribution in [0.2, 0.25) is 0 Å². The summed E-state index contributed by atoms with van der Waals surface area (Å²) in [5, 5.41) is 0. The molecule has 76 valence electrons. The fourth-order valence-electron chi connectivity index (χ4n) is 0.709. The molecule has 0 aliphatic heterocycles. The molecule has 0 aliphatic rings. The Hall–Kier alpha value is -0.330. The van der Waals surface area contributed by atoms with Crippen LogP contribution in [0.1, 0.15) is 26.2 Å². The van der Waals surface area contributed by atoms with Crippen molar-refractivity contribution < 1.29 is 18.5 Å². The summed E-state index contributed by atoms with van der Waals surface area (Å²) in [5.41, 5.74) is 0. The fourth-order valence-corrected chi connectivity index (χ4v) is 1.47. The van der Waals surface area contributed by atoms with Gasteiger partial charge in [0.15, 0.2) is 0 Å². The first-order chi connectivity index (χ1) is 6.12. The molecule has 1 N–H and O–H groups in total. The first-order valence-electron chi connectivity index (χ1n) is 4.17. The predicted octanol–water partition coefficient (Wildman–Crippen LogP) is 1.94. The number of unbranched alkanes of at least 4 members (excludes halogenated alkanes) is 2. The summed E-state index contributed by atoms with van der Waals surface area (Å²) in [5.74, 6) is 2.47. The van der Waals surface area contributed by atoms with E-state index in [4.69, 9.17) is 11.3 Å². The molecule has 0 aromatic carbocycles. The van der Waals surface area contributed by atoms with Crippen molar-refractivity contribution in [3.05, 3.63) is 0 Å². The minimum atomic E-state index is -3.79. The largest absolute Gasteiger partial charge is 0.472 e. The van der Waals surface area contributed by atoms with Crippen LogP contribution in [0.15, 0.2) is 0 Å². The molecule has 1 atom stereocenters. The summed E-state index contributed by atoms with van der Waals surface area (Å²) in [7, 11) is -3.79. The van der Waals surface area contributed by atoms with Crippen LogP contribution in [0.5, 0.6) is 0 Å². The second-order valence-corrected chi connectivity index (χ2v) is 3.83. The Morgan fingerprint density at radius 2 is 2.15 bits per heavy atom. The van der Waals surface area contributed by atoms with Gasteiger partial charge in [0.2, 0.25) is 0 Å². The lowest BCUT2D eigenvalue weighted by Crippen LogP contribution is -1.96. The number of rotatable bonds is 7. The van der Waals surface area contributed by atoms with Crippen LogP contribution in [-0.2, 0) is 13.6 Å². The highest BCUT2D eigenvalue weighted by Crippen LogP contribution is 2.42. The highest BCUT2D eigenvalue weighted by atomic mass is 31.2. The zero-order valence-electron chi connectivity index (χ0n) is 7.73. The van der Waals surface area contributed by atoms with Crippen molar-refractivity contribution in [1.29, 1.82) is 0 Å². The maximum Gasteiger partial charge on any atom is 0.472 e. The zero-order chi connectivity index (χ0) is 10.2. The number of hydrogen-bond donors (Lipinski definition) is 1. The van der Waals surface area contributed by atoms with Crippen LogP contribution in [0.25, 0.3) is 0 Å². The predicted molar refractivity (Wildman–Crippen MR) is 50.1 cm³/mol. The third-order valence-corrected chi connectivity index (χ3v) is 2.36. The molecule has 0 saturated heterocycles. The highest BCUT2D eigenvalue weighted by Gasteiger charge is 2.18. The van der Waals surface area contributed by atoms with Gasteiger partial charge in [0.1, 0.15) is 0 Å². The quantitative estimate of drug-likeness (QED) is 0.393. The molecule has 0 heterocycles. The van der Waals surface area contributed by atoms with E-state index in [9.17, 15) is 4.57 Å². The van der Waals surface area contributed by atoms with Crippen LogP contribution in [0, 0.1) is 12.3 Å². The van der Waals surface area contributed by atoms with E-state index in [0.717, 1.165) is 6.42 Å². The normalized spacial score (nSPS) is 14.8. The van der Waals surface area contributed by atoms with Crippen LogP contribution in [0.4, 0.5) is 0 Å². The smallest absolute Gasteiger partial charge is 0.302 e.